The van der Waals surface area contributed by atoms with Gasteiger partial charge in [0.05, 0.1) is 17.7 Å². The Hall–Kier alpha value is -2.87. The number of ether oxygens (including phenoxy) is 1. The standard InChI is InChI=1S/C25H31N3O4/c1-17-14-21(30)20(16-28-10-8-27(9-11-28)12-13-29)25-23(17)24(31)22(32-25)15-18-4-6-19(7-5-18)26(2)3/h4-7,14-15,29-30H,8-13,16H2,1-3H3/b22-15-. The molecule has 0 atom stereocenters. The van der Waals surface area contributed by atoms with Gasteiger partial charge in [-0.25, -0.2) is 0 Å². The Kier molecular flexibility index (Phi) is 6.50. The number of hydrogen-bond donors (Lipinski definition) is 2. The molecule has 1 saturated heterocycles. The van der Waals surface area contributed by atoms with Crippen LogP contribution in [-0.2, 0) is 6.54 Å². The second-order valence-corrected chi connectivity index (χ2v) is 8.66. The molecule has 7 heteroatoms. The van der Waals surface area contributed by atoms with Gasteiger partial charge in [0.1, 0.15) is 11.5 Å². The first-order valence-electron chi connectivity index (χ1n) is 11.0. The number of aliphatic hydroxyl groups excluding tert-OH is 1. The first-order chi connectivity index (χ1) is 15.4. The summed E-state index contributed by atoms with van der Waals surface area (Å²) in [5.41, 5.74) is 3.87. The summed E-state index contributed by atoms with van der Waals surface area (Å²) in [6.07, 6.45) is 1.76. The van der Waals surface area contributed by atoms with Crippen LogP contribution >= 0.6 is 0 Å². The number of benzene rings is 2. The molecule has 2 heterocycles. The molecule has 7 nitrogen and oxygen atoms in total. The van der Waals surface area contributed by atoms with Crippen LogP contribution < -0.4 is 9.64 Å². The summed E-state index contributed by atoms with van der Waals surface area (Å²) in [6, 6.07) is 9.57. The van der Waals surface area contributed by atoms with Gasteiger partial charge in [-0.1, -0.05) is 12.1 Å². The lowest BCUT2D eigenvalue weighted by molar-refractivity contribution is 0.101. The van der Waals surface area contributed by atoms with Crippen LogP contribution in [0.25, 0.3) is 6.08 Å². The maximum atomic E-state index is 13.1. The van der Waals surface area contributed by atoms with E-state index in [1.54, 1.807) is 12.1 Å². The average molecular weight is 438 g/mol. The Morgan fingerprint density at radius 2 is 1.75 bits per heavy atom. The highest BCUT2D eigenvalue weighted by Crippen LogP contribution is 2.42. The van der Waals surface area contributed by atoms with Gasteiger partial charge in [0.15, 0.2) is 5.76 Å². The second kappa shape index (κ2) is 9.32. The number of fused-ring (bicyclic) bond motifs is 1. The molecule has 0 spiro atoms. The van der Waals surface area contributed by atoms with Crippen molar-refractivity contribution in [3.05, 3.63) is 58.3 Å². The molecule has 32 heavy (non-hydrogen) atoms. The maximum absolute atomic E-state index is 13.1. The van der Waals surface area contributed by atoms with E-state index in [0.29, 0.717) is 35.5 Å². The van der Waals surface area contributed by atoms with Crippen molar-refractivity contribution in [2.75, 3.05) is 58.3 Å². The number of nitrogens with zero attached hydrogens (tertiary/aromatic N) is 3. The van der Waals surface area contributed by atoms with Gasteiger partial charge in [-0.3, -0.25) is 14.6 Å². The van der Waals surface area contributed by atoms with E-state index in [-0.39, 0.29) is 23.9 Å². The minimum Gasteiger partial charge on any atom is -0.507 e. The fraction of sp³-hybridized carbons (Fsp3) is 0.400. The number of carbonyl (C=O) groups is 1. The van der Waals surface area contributed by atoms with Crippen molar-refractivity contribution in [3.8, 4) is 11.5 Å². The Morgan fingerprint density at radius 1 is 1.09 bits per heavy atom. The van der Waals surface area contributed by atoms with E-state index in [4.69, 9.17) is 9.84 Å². The van der Waals surface area contributed by atoms with Gasteiger partial charge in [0.25, 0.3) is 0 Å². The number of hydrogen-bond acceptors (Lipinski definition) is 7. The monoisotopic (exact) mass is 437 g/mol. The molecule has 2 aliphatic rings. The summed E-state index contributed by atoms with van der Waals surface area (Å²) in [6.45, 7) is 6.57. The lowest BCUT2D eigenvalue weighted by Gasteiger charge is -2.34. The number of allylic oxidation sites excluding steroid dienone is 1. The molecular weight excluding hydrogens is 406 g/mol. The van der Waals surface area contributed by atoms with E-state index < -0.39 is 0 Å². The summed E-state index contributed by atoms with van der Waals surface area (Å²) < 4.78 is 6.07. The highest BCUT2D eigenvalue weighted by molar-refractivity contribution is 6.15. The second-order valence-electron chi connectivity index (χ2n) is 8.66. The van der Waals surface area contributed by atoms with Crippen LogP contribution in [0.4, 0.5) is 5.69 Å². The number of piperazine rings is 1. The van der Waals surface area contributed by atoms with Crippen molar-refractivity contribution in [1.82, 2.24) is 9.80 Å². The van der Waals surface area contributed by atoms with Crippen LogP contribution in [0.2, 0.25) is 0 Å². The summed E-state index contributed by atoms with van der Waals surface area (Å²) in [5.74, 6) is 0.758. The van der Waals surface area contributed by atoms with Gasteiger partial charge in [0, 0.05) is 59.1 Å². The summed E-state index contributed by atoms with van der Waals surface area (Å²) >= 11 is 0. The number of aryl methyl sites for hydroxylation is 1. The van der Waals surface area contributed by atoms with Crippen molar-refractivity contribution in [3.63, 3.8) is 0 Å². The van der Waals surface area contributed by atoms with E-state index in [1.165, 1.54) is 0 Å². The first kappa shape index (κ1) is 22.3. The van der Waals surface area contributed by atoms with E-state index in [1.807, 2.05) is 50.2 Å². The zero-order valence-electron chi connectivity index (χ0n) is 19.0. The van der Waals surface area contributed by atoms with Crippen LogP contribution in [0.1, 0.15) is 27.0 Å². The number of anilines is 1. The highest BCUT2D eigenvalue weighted by atomic mass is 16.5. The van der Waals surface area contributed by atoms with Gasteiger partial charge in [-0.05, 0) is 42.3 Å². The van der Waals surface area contributed by atoms with Gasteiger partial charge in [-0.2, -0.15) is 0 Å². The molecule has 2 aliphatic heterocycles. The van der Waals surface area contributed by atoms with Crippen molar-refractivity contribution in [2.24, 2.45) is 0 Å². The summed E-state index contributed by atoms with van der Waals surface area (Å²) in [5, 5.41) is 19.8. The Labute approximate surface area is 189 Å². The molecule has 0 aromatic heterocycles. The molecule has 0 amide bonds. The molecule has 4 rings (SSSR count). The number of Topliss-reactive ketones (excluding diaryl/α,β-unsaturated/α-hetero) is 1. The molecule has 2 aromatic rings. The van der Waals surface area contributed by atoms with Crippen molar-refractivity contribution < 1.29 is 19.7 Å². The maximum Gasteiger partial charge on any atom is 0.232 e. The molecule has 1 fully saturated rings. The van der Waals surface area contributed by atoms with Gasteiger partial charge in [0.2, 0.25) is 5.78 Å². The van der Waals surface area contributed by atoms with Crippen molar-refractivity contribution in [1.29, 1.82) is 0 Å². The van der Waals surface area contributed by atoms with Crippen LogP contribution in [0.5, 0.6) is 11.5 Å². The average Bonchev–Trinajstić information content (AvgIpc) is 3.09. The third kappa shape index (κ3) is 4.50. The van der Waals surface area contributed by atoms with Crippen LogP contribution in [0, 0.1) is 6.92 Å². The molecule has 170 valence electrons. The molecule has 0 unspecified atom stereocenters. The third-order valence-corrected chi connectivity index (χ3v) is 6.19. The molecule has 0 radical (unpaired) electrons. The minimum absolute atomic E-state index is 0.150. The lowest BCUT2D eigenvalue weighted by atomic mass is 9.99. The number of β-amino-alcohol motifs (C(OH)–C–C–N with tert-alkyl or cyclic N) is 1. The summed E-state index contributed by atoms with van der Waals surface area (Å²) in [4.78, 5) is 19.6. The number of aliphatic hydroxyl groups is 1. The molecule has 0 aliphatic carbocycles. The zero-order chi connectivity index (χ0) is 22.8. The zero-order valence-corrected chi connectivity index (χ0v) is 19.0. The molecule has 0 bridgehead atoms. The smallest absolute Gasteiger partial charge is 0.232 e. The van der Waals surface area contributed by atoms with E-state index in [2.05, 4.69) is 9.80 Å². The molecule has 0 saturated carbocycles. The minimum atomic E-state index is -0.150. The largest absolute Gasteiger partial charge is 0.507 e. The van der Waals surface area contributed by atoms with Crippen LogP contribution in [0.3, 0.4) is 0 Å². The molecule has 2 aromatic carbocycles. The Morgan fingerprint density at radius 3 is 2.38 bits per heavy atom. The fourth-order valence-electron chi connectivity index (χ4n) is 4.29. The number of aromatic hydroxyl groups is 1. The quantitative estimate of drug-likeness (QED) is 0.673. The van der Waals surface area contributed by atoms with Crippen LogP contribution in [-0.4, -0.2) is 79.2 Å². The SMILES string of the molecule is Cc1cc(O)c(CN2CCN(CCO)CC2)c2c1C(=O)/C(=C/c1ccc(N(C)C)cc1)O2. The normalized spacial score (nSPS) is 18.1. The van der Waals surface area contributed by atoms with Crippen LogP contribution in [0.15, 0.2) is 36.1 Å². The lowest BCUT2D eigenvalue weighted by Crippen LogP contribution is -2.46. The predicted octanol–water partition coefficient (Wildman–Crippen LogP) is 2.49. The van der Waals surface area contributed by atoms with Gasteiger partial charge < -0.3 is 19.8 Å². The number of carbonyl (C=O) groups excluding carboxylic acids is 1. The van der Waals surface area contributed by atoms with E-state index in [0.717, 1.165) is 37.4 Å². The van der Waals surface area contributed by atoms with Crippen molar-refractivity contribution in [2.45, 2.75) is 13.5 Å². The number of phenols is 1. The number of ketones is 1. The Bertz CT molecular complexity index is 1020. The first-order valence-corrected chi connectivity index (χ1v) is 11.0. The highest BCUT2D eigenvalue weighted by Gasteiger charge is 2.34. The Balaban J connectivity index is 1.57. The van der Waals surface area contributed by atoms with E-state index in [9.17, 15) is 9.90 Å². The number of phenolic OH excluding ortho intramolecular Hbond substituents is 1. The van der Waals surface area contributed by atoms with E-state index >= 15 is 0 Å². The van der Waals surface area contributed by atoms with Crippen molar-refractivity contribution >= 4 is 17.5 Å². The predicted molar refractivity (Wildman–Crippen MR) is 125 cm³/mol. The van der Waals surface area contributed by atoms with Gasteiger partial charge in [-0.15, -0.1) is 0 Å². The fourth-order valence-corrected chi connectivity index (χ4v) is 4.29. The topological polar surface area (TPSA) is 76.5 Å². The van der Waals surface area contributed by atoms with Gasteiger partial charge >= 0.3 is 0 Å². The third-order valence-electron chi connectivity index (χ3n) is 6.19. The molecule has 2 N–H and O–H groups in total. The molecular formula is C25H31N3O4. The summed E-state index contributed by atoms with van der Waals surface area (Å²) in [7, 11) is 3.97. The number of rotatable bonds is 6.